The maximum Gasteiger partial charge on any atom is 0.430 e. The first kappa shape index (κ1) is 28.9. The van der Waals surface area contributed by atoms with E-state index >= 15 is 0 Å². The second kappa shape index (κ2) is 11.8. The number of benzene rings is 1. The molecule has 2 atom stereocenters. The topological polar surface area (TPSA) is 102 Å². The smallest absolute Gasteiger partial charge is 0.430 e. The number of pyridine rings is 1. The van der Waals surface area contributed by atoms with Crippen LogP contribution in [0.5, 0.6) is 5.75 Å². The quantitative estimate of drug-likeness (QED) is 0.442. The molecular weight excluding hydrogens is 503 g/mol. The number of halogens is 3. The summed E-state index contributed by atoms with van der Waals surface area (Å²) in [6.45, 7) is 1.50. The normalized spacial score (nSPS) is 17.6. The van der Waals surface area contributed by atoms with Gasteiger partial charge in [-0.15, -0.1) is 0 Å². The lowest BCUT2D eigenvalue weighted by Gasteiger charge is -2.46. The second-order valence-corrected chi connectivity index (χ2v) is 9.04. The predicted molar refractivity (Wildman–Crippen MR) is 130 cm³/mol. The Kier molecular flexibility index (Phi) is 8.99. The van der Waals surface area contributed by atoms with Gasteiger partial charge in [0.25, 0.3) is 11.5 Å². The van der Waals surface area contributed by atoms with Gasteiger partial charge in [-0.05, 0) is 31.9 Å². The van der Waals surface area contributed by atoms with Crippen LogP contribution in [0, 0.1) is 16.7 Å². The third-order valence-electron chi connectivity index (χ3n) is 7.07. The van der Waals surface area contributed by atoms with Crippen LogP contribution in [0.2, 0.25) is 0 Å². The Balaban J connectivity index is 1.99. The highest BCUT2D eigenvalue weighted by Crippen LogP contribution is 2.50. The number of nitrogens with zero attached hydrogens (tertiary/aromatic N) is 3. The Morgan fingerprint density at radius 3 is 2.32 bits per heavy atom. The number of hydrogen-bond acceptors (Lipinski definition) is 7. The fourth-order valence-corrected chi connectivity index (χ4v) is 5.13. The lowest BCUT2D eigenvalue weighted by Crippen LogP contribution is -2.59. The number of alkyl halides is 3. The van der Waals surface area contributed by atoms with E-state index in [0.717, 1.165) is 12.0 Å². The highest BCUT2D eigenvalue weighted by atomic mass is 19.4. The molecule has 1 aliphatic heterocycles. The van der Waals surface area contributed by atoms with Crippen molar-refractivity contribution in [2.45, 2.75) is 43.9 Å². The number of amides is 1. The SMILES string of the molecule is CCOC(=O)CC1(C(C#N)c2ncccc2OC)CCN(C(=O)[C@](OC)(c2ccccc2)C(F)(F)F)CC1. The molecule has 8 nitrogen and oxygen atoms in total. The number of methoxy groups -OCH3 is 2. The number of carbonyl (C=O) groups is 2. The van der Waals surface area contributed by atoms with Gasteiger partial charge < -0.3 is 19.1 Å². The van der Waals surface area contributed by atoms with Crippen molar-refractivity contribution in [3.63, 3.8) is 0 Å². The summed E-state index contributed by atoms with van der Waals surface area (Å²) in [6.07, 6.45) is -3.61. The molecule has 2 aromatic rings. The molecule has 0 spiro atoms. The van der Waals surface area contributed by atoms with Gasteiger partial charge in [0.15, 0.2) is 0 Å². The van der Waals surface area contributed by atoms with Gasteiger partial charge in [-0.25, -0.2) is 0 Å². The Hall–Kier alpha value is -3.65. The summed E-state index contributed by atoms with van der Waals surface area (Å²) >= 11 is 0. The van der Waals surface area contributed by atoms with Crippen molar-refractivity contribution in [2.75, 3.05) is 33.9 Å². The van der Waals surface area contributed by atoms with E-state index in [1.54, 1.807) is 25.1 Å². The molecule has 1 aromatic heterocycles. The Bertz CT molecular complexity index is 1160. The number of ether oxygens (including phenoxy) is 3. The van der Waals surface area contributed by atoms with Crippen molar-refractivity contribution in [2.24, 2.45) is 5.41 Å². The maximum absolute atomic E-state index is 14.5. The monoisotopic (exact) mass is 533 g/mol. The van der Waals surface area contributed by atoms with Crippen molar-refractivity contribution in [3.05, 3.63) is 59.9 Å². The van der Waals surface area contributed by atoms with E-state index < -0.39 is 35.0 Å². The van der Waals surface area contributed by atoms with Gasteiger partial charge in [0.05, 0.1) is 37.8 Å². The van der Waals surface area contributed by atoms with E-state index in [2.05, 4.69) is 11.1 Å². The van der Waals surface area contributed by atoms with Crippen LogP contribution in [0.15, 0.2) is 48.7 Å². The molecule has 1 aromatic carbocycles. The Morgan fingerprint density at radius 1 is 1.13 bits per heavy atom. The molecular formula is C27H30F3N3O5. The summed E-state index contributed by atoms with van der Waals surface area (Å²) in [5, 5.41) is 10.2. The average Bonchev–Trinajstić information content (AvgIpc) is 2.90. The molecule has 1 amide bonds. The van der Waals surface area contributed by atoms with Gasteiger partial charge in [0, 0.05) is 37.4 Å². The van der Waals surface area contributed by atoms with E-state index in [1.807, 2.05) is 0 Å². The van der Waals surface area contributed by atoms with Crippen molar-refractivity contribution in [3.8, 4) is 11.8 Å². The average molecular weight is 534 g/mol. The number of esters is 1. The first-order valence-corrected chi connectivity index (χ1v) is 12.1. The van der Waals surface area contributed by atoms with Crippen LogP contribution in [-0.4, -0.2) is 61.9 Å². The number of hydrogen-bond donors (Lipinski definition) is 0. The molecule has 2 heterocycles. The van der Waals surface area contributed by atoms with E-state index in [0.29, 0.717) is 11.4 Å². The summed E-state index contributed by atoms with van der Waals surface area (Å²) in [5.74, 6) is -2.40. The zero-order valence-corrected chi connectivity index (χ0v) is 21.5. The largest absolute Gasteiger partial charge is 0.495 e. The van der Waals surface area contributed by atoms with E-state index in [1.165, 1.54) is 37.6 Å². The highest BCUT2D eigenvalue weighted by Gasteiger charge is 2.64. The molecule has 0 aliphatic carbocycles. The third-order valence-corrected chi connectivity index (χ3v) is 7.07. The second-order valence-electron chi connectivity index (χ2n) is 9.04. The van der Waals surface area contributed by atoms with E-state index in [4.69, 9.17) is 14.2 Å². The minimum absolute atomic E-state index is 0.0575. The van der Waals surface area contributed by atoms with Gasteiger partial charge in [0.1, 0.15) is 5.75 Å². The van der Waals surface area contributed by atoms with E-state index in [-0.39, 0.29) is 44.5 Å². The van der Waals surface area contributed by atoms with Gasteiger partial charge in [-0.1, -0.05) is 30.3 Å². The van der Waals surface area contributed by atoms with Crippen LogP contribution in [0.4, 0.5) is 13.2 Å². The first-order valence-electron chi connectivity index (χ1n) is 12.1. The standard InChI is InChI=1S/C27H30F3N3O5/c1-4-38-22(34)17-25(20(18-31)23-21(36-2)11-8-14-32-23)12-15-33(16-13-25)24(35)26(37-3,27(28,29)30)19-9-6-5-7-10-19/h5-11,14,20H,4,12-13,15-17H2,1-3H3/t20?,26-/m1/s1. The number of nitriles is 1. The highest BCUT2D eigenvalue weighted by molar-refractivity contribution is 5.88. The van der Waals surface area contributed by atoms with Crippen LogP contribution in [0.25, 0.3) is 0 Å². The number of aromatic nitrogens is 1. The fourth-order valence-electron chi connectivity index (χ4n) is 5.13. The molecule has 11 heteroatoms. The molecule has 1 saturated heterocycles. The molecule has 1 aliphatic rings. The molecule has 1 unspecified atom stereocenters. The Morgan fingerprint density at radius 2 is 1.79 bits per heavy atom. The van der Waals surface area contributed by atoms with Crippen molar-refractivity contribution in [1.29, 1.82) is 5.26 Å². The van der Waals surface area contributed by atoms with Crippen molar-refractivity contribution < 1.29 is 37.0 Å². The summed E-state index contributed by atoms with van der Waals surface area (Å²) < 4.78 is 58.9. The molecule has 0 bridgehead atoms. The van der Waals surface area contributed by atoms with Crippen LogP contribution in [0.3, 0.4) is 0 Å². The van der Waals surface area contributed by atoms with Crippen molar-refractivity contribution in [1.82, 2.24) is 9.88 Å². The minimum atomic E-state index is -5.05. The molecule has 0 N–H and O–H groups in total. The van der Waals surface area contributed by atoms with Gasteiger partial charge in [-0.2, -0.15) is 18.4 Å². The fraction of sp³-hybridized carbons (Fsp3) is 0.481. The molecule has 3 rings (SSSR count). The van der Waals surface area contributed by atoms with Gasteiger partial charge >= 0.3 is 12.1 Å². The Labute approximate surface area is 219 Å². The summed E-state index contributed by atoms with van der Waals surface area (Å²) in [5.41, 5.74) is -4.28. The lowest BCUT2D eigenvalue weighted by molar-refractivity contribution is -0.271. The molecule has 204 valence electrons. The minimum Gasteiger partial charge on any atom is -0.495 e. The van der Waals surface area contributed by atoms with Crippen LogP contribution >= 0.6 is 0 Å². The first-order chi connectivity index (χ1) is 18.1. The number of likely N-dealkylation sites (tertiary alicyclic amines) is 1. The summed E-state index contributed by atoms with van der Waals surface area (Å²) in [7, 11) is 2.28. The molecule has 1 fully saturated rings. The van der Waals surface area contributed by atoms with Gasteiger partial charge in [0.2, 0.25) is 0 Å². The summed E-state index contributed by atoms with van der Waals surface area (Å²) in [4.78, 5) is 31.6. The number of piperidine rings is 1. The zero-order chi connectivity index (χ0) is 28.0. The van der Waals surface area contributed by atoms with Crippen molar-refractivity contribution >= 4 is 11.9 Å². The molecule has 38 heavy (non-hydrogen) atoms. The zero-order valence-electron chi connectivity index (χ0n) is 21.5. The van der Waals surface area contributed by atoms with E-state index in [9.17, 15) is 28.0 Å². The molecule has 0 saturated carbocycles. The number of carbonyl (C=O) groups excluding carboxylic acids is 2. The maximum atomic E-state index is 14.5. The van der Waals surface area contributed by atoms with Crippen LogP contribution in [-0.2, 0) is 24.7 Å². The third kappa shape index (κ3) is 5.31. The van der Waals surface area contributed by atoms with Crippen LogP contribution < -0.4 is 4.74 Å². The predicted octanol–water partition coefficient (Wildman–Crippen LogP) is 4.36. The number of rotatable bonds is 9. The van der Waals surface area contributed by atoms with Gasteiger partial charge in [-0.3, -0.25) is 14.6 Å². The lowest BCUT2D eigenvalue weighted by atomic mass is 9.65. The molecule has 0 radical (unpaired) electrons. The van der Waals surface area contributed by atoms with Crippen LogP contribution in [0.1, 0.15) is 43.4 Å². The summed E-state index contributed by atoms with van der Waals surface area (Å²) in [6, 6.07) is 12.3.